The number of carbonyl (C=O) groups excluding carboxylic acids is 1. The lowest BCUT2D eigenvalue weighted by Crippen LogP contribution is -2.34. The third kappa shape index (κ3) is 6.12. The summed E-state index contributed by atoms with van der Waals surface area (Å²) in [6.07, 6.45) is 1.44. The lowest BCUT2D eigenvalue weighted by Gasteiger charge is -2.26. The molecule has 1 amide bonds. The Kier molecular flexibility index (Phi) is 4.85. The Morgan fingerprint density at radius 1 is 1.50 bits per heavy atom. The molecule has 12 heavy (non-hydrogen) atoms. The fourth-order valence-corrected chi connectivity index (χ4v) is 0.719. The van der Waals surface area contributed by atoms with E-state index in [1.54, 1.807) is 0 Å². The number of nitrogens with zero attached hydrogens (tertiary/aromatic N) is 1. The second-order valence-corrected chi connectivity index (χ2v) is 3.59. The van der Waals surface area contributed by atoms with Gasteiger partial charge in [-0.2, -0.15) is 0 Å². The van der Waals surface area contributed by atoms with Crippen LogP contribution in [-0.2, 0) is 9.63 Å². The van der Waals surface area contributed by atoms with Crippen LogP contribution in [-0.4, -0.2) is 30.2 Å². The van der Waals surface area contributed by atoms with E-state index in [0.29, 0.717) is 19.5 Å². The highest BCUT2D eigenvalue weighted by molar-refractivity contribution is 5.44. The van der Waals surface area contributed by atoms with Crippen molar-refractivity contribution >= 4 is 6.41 Å². The molecule has 72 valence electrons. The minimum Gasteiger partial charge on any atom is -0.330 e. The third-order valence-corrected chi connectivity index (χ3v) is 1.09. The van der Waals surface area contributed by atoms with Crippen LogP contribution in [0.25, 0.3) is 0 Å². The summed E-state index contributed by atoms with van der Waals surface area (Å²) in [7, 11) is 0. The Bertz CT molecular complexity index is 132. The van der Waals surface area contributed by atoms with Crippen molar-refractivity contribution in [1.29, 1.82) is 0 Å². The van der Waals surface area contributed by atoms with Crippen molar-refractivity contribution in [3.63, 3.8) is 0 Å². The number of amides is 1. The molecule has 0 aliphatic rings. The minimum absolute atomic E-state index is 0.324. The summed E-state index contributed by atoms with van der Waals surface area (Å²) in [5, 5.41) is 1.28. The first-order valence-electron chi connectivity index (χ1n) is 4.11. The largest absolute Gasteiger partial charge is 0.330 e. The van der Waals surface area contributed by atoms with E-state index in [1.807, 2.05) is 20.8 Å². The van der Waals surface area contributed by atoms with Crippen LogP contribution in [0, 0.1) is 0 Å². The molecule has 0 aromatic heterocycles. The van der Waals surface area contributed by atoms with Crippen LogP contribution >= 0.6 is 0 Å². The SMILES string of the molecule is CC(C)(C)ON(C=O)CCCN. The van der Waals surface area contributed by atoms with Gasteiger partial charge in [0.1, 0.15) is 0 Å². The number of rotatable bonds is 5. The summed E-state index contributed by atoms with van der Waals surface area (Å²) in [6, 6.07) is 0. The second-order valence-electron chi connectivity index (χ2n) is 3.59. The Morgan fingerprint density at radius 2 is 2.08 bits per heavy atom. The van der Waals surface area contributed by atoms with Crippen LogP contribution in [0.1, 0.15) is 27.2 Å². The van der Waals surface area contributed by atoms with Crippen molar-refractivity contribution in [2.24, 2.45) is 5.73 Å². The fourth-order valence-electron chi connectivity index (χ4n) is 0.719. The number of hydroxylamine groups is 2. The van der Waals surface area contributed by atoms with E-state index in [-0.39, 0.29) is 5.60 Å². The fraction of sp³-hybridized carbons (Fsp3) is 0.875. The molecule has 0 fully saturated rings. The van der Waals surface area contributed by atoms with Crippen molar-refractivity contribution in [2.75, 3.05) is 13.1 Å². The van der Waals surface area contributed by atoms with Crippen LogP contribution in [0.5, 0.6) is 0 Å². The predicted molar refractivity (Wildman–Crippen MR) is 47.3 cm³/mol. The second kappa shape index (κ2) is 5.11. The lowest BCUT2D eigenvalue weighted by molar-refractivity contribution is -0.216. The van der Waals surface area contributed by atoms with Gasteiger partial charge in [-0.25, -0.2) is 5.06 Å². The van der Waals surface area contributed by atoms with E-state index < -0.39 is 0 Å². The minimum atomic E-state index is -0.324. The lowest BCUT2D eigenvalue weighted by atomic mass is 10.2. The summed E-state index contributed by atoms with van der Waals surface area (Å²) in [4.78, 5) is 15.7. The molecule has 0 atom stereocenters. The molecule has 0 saturated heterocycles. The third-order valence-electron chi connectivity index (χ3n) is 1.09. The van der Waals surface area contributed by atoms with E-state index in [1.165, 1.54) is 5.06 Å². The predicted octanol–water partition coefficient (Wildman–Crippen LogP) is 0.524. The molecule has 0 aromatic carbocycles. The maximum absolute atomic E-state index is 10.4. The topological polar surface area (TPSA) is 55.6 Å². The molecule has 0 bridgehead atoms. The molecule has 4 heteroatoms. The van der Waals surface area contributed by atoms with Crippen molar-refractivity contribution in [2.45, 2.75) is 32.8 Å². The van der Waals surface area contributed by atoms with Crippen molar-refractivity contribution in [3.8, 4) is 0 Å². The normalized spacial score (nSPS) is 11.3. The molecule has 2 N–H and O–H groups in total. The molecular formula is C8H18N2O2. The van der Waals surface area contributed by atoms with E-state index in [9.17, 15) is 4.79 Å². The average molecular weight is 174 g/mol. The molecule has 0 spiro atoms. The van der Waals surface area contributed by atoms with Crippen molar-refractivity contribution < 1.29 is 9.63 Å². The van der Waals surface area contributed by atoms with Crippen molar-refractivity contribution in [1.82, 2.24) is 5.06 Å². The van der Waals surface area contributed by atoms with Crippen LogP contribution in [0.3, 0.4) is 0 Å². The number of carbonyl (C=O) groups is 1. The van der Waals surface area contributed by atoms with Gasteiger partial charge >= 0.3 is 0 Å². The zero-order valence-corrected chi connectivity index (χ0v) is 8.04. The van der Waals surface area contributed by atoms with E-state index in [2.05, 4.69) is 0 Å². The Hall–Kier alpha value is -0.610. The average Bonchev–Trinajstić information content (AvgIpc) is 1.95. The first-order valence-corrected chi connectivity index (χ1v) is 4.11. The molecule has 0 unspecified atom stereocenters. The summed E-state index contributed by atoms with van der Waals surface area (Å²) in [5.74, 6) is 0. The quantitative estimate of drug-likeness (QED) is 0.488. The van der Waals surface area contributed by atoms with Crippen LogP contribution in [0.15, 0.2) is 0 Å². The summed E-state index contributed by atoms with van der Waals surface area (Å²) < 4.78 is 0. The van der Waals surface area contributed by atoms with Gasteiger partial charge in [-0.1, -0.05) is 0 Å². The molecule has 0 aliphatic heterocycles. The molecule has 4 nitrogen and oxygen atoms in total. The first-order chi connectivity index (χ1) is 5.49. The van der Waals surface area contributed by atoms with Gasteiger partial charge in [0.15, 0.2) is 0 Å². The first kappa shape index (κ1) is 11.4. The number of nitrogens with two attached hydrogens (primary N) is 1. The highest BCUT2D eigenvalue weighted by Gasteiger charge is 2.15. The highest BCUT2D eigenvalue weighted by Crippen LogP contribution is 2.08. The number of hydrogen-bond donors (Lipinski definition) is 1. The Balaban J connectivity index is 3.75. The van der Waals surface area contributed by atoms with Gasteiger partial charge in [0, 0.05) is 6.54 Å². The van der Waals surface area contributed by atoms with Crippen LogP contribution in [0.4, 0.5) is 0 Å². The molecule has 0 radical (unpaired) electrons. The molecule has 0 saturated carbocycles. The molecule has 0 aromatic rings. The van der Waals surface area contributed by atoms with Gasteiger partial charge in [0.2, 0.25) is 6.41 Å². The van der Waals surface area contributed by atoms with Gasteiger partial charge in [-0.15, -0.1) is 0 Å². The number of hydrogen-bond acceptors (Lipinski definition) is 3. The Morgan fingerprint density at radius 3 is 2.42 bits per heavy atom. The van der Waals surface area contributed by atoms with Crippen LogP contribution < -0.4 is 5.73 Å². The molecule has 0 rings (SSSR count). The van der Waals surface area contributed by atoms with Gasteiger partial charge in [-0.3, -0.25) is 9.63 Å². The highest BCUT2D eigenvalue weighted by atomic mass is 16.7. The zero-order chi connectivity index (χ0) is 9.61. The van der Waals surface area contributed by atoms with E-state index >= 15 is 0 Å². The smallest absolute Gasteiger partial charge is 0.233 e. The van der Waals surface area contributed by atoms with E-state index in [4.69, 9.17) is 10.6 Å². The van der Waals surface area contributed by atoms with Gasteiger partial charge < -0.3 is 5.73 Å². The van der Waals surface area contributed by atoms with Gasteiger partial charge in [-0.05, 0) is 33.7 Å². The summed E-state index contributed by atoms with van der Waals surface area (Å²) in [6.45, 7) is 6.80. The Labute approximate surface area is 73.6 Å². The maximum Gasteiger partial charge on any atom is 0.233 e. The van der Waals surface area contributed by atoms with Gasteiger partial charge in [0.25, 0.3) is 0 Å². The molecular weight excluding hydrogens is 156 g/mol. The van der Waals surface area contributed by atoms with E-state index in [0.717, 1.165) is 6.42 Å². The summed E-state index contributed by atoms with van der Waals surface area (Å²) >= 11 is 0. The summed E-state index contributed by atoms with van der Waals surface area (Å²) in [5.41, 5.74) is 4.97. The monoisotopic (exact) mass is 174 g/mol. The zero-order valence-electron chi connectivity index (χ0n) is 8.04. The van der Waals surface area contributed by atoms with Crippen molar-refractivity contribution in [3.05, 3.63) is 0 Å². The standard InChI is InChI=1S/C8H18N2O2/c1-8(2,3)12-10(7-11)6-4-5-9/h7H,4-6,9H2,1-3H3. The maximum atomic E-state index is 10.4. The van der Waals surface area contributed by atoms with Crippen LogP contribution in [0.2, 0.25) is 0 Å². The molecule has 0 aliphatic carbocycles. The van der Waals surface area contributed by atoms with Gasteiger partial charge in [0.05, 0.1) is 5.60 Å². The molecule has 0 heterocycles.